The molecule has 0 aromatic rings. The molecule has 2 rings (SSSR count). The molecule has 0 aromatic carbocycles. The fourth-order valence-electron chi connectivity index (χ4n) is 1.76. The van der Waals surface area contributed by atoms with Crippen LogP contribution in [0.5, 0.6) is 0 Å². The van der Waals surface area contributed by atoms with E-state index in [0.717, 1.165) is 18.4 Å². The summed E-state index contributed by atoms with van der Waals surface area (Å²) in [5, 5.41) is 0. The van der Waals surface area contributed by atoms with Crippen molar-refractivity contribution in [3.05, 3.63) is 11.4 Å². The molecule has 72 valence electrons. The van der Waals surface area contributed by atoms with E-state index < -0.39 is 0 Å². The van der Waals surface area contributed by atoms with Crippen LogP contribution in [0.1, 0.15) is 33.6 Å². The lowest BCUT2D eigenvalue weighted by atomic mass is 9.89. The van der Waals surface area contributed by atoms with Crippen molar-refractivity contribution in [2.45, 2.75) is 33.6 Å². The Kier molecular flexibility index (Phi) is 1.83. The second kappa shape index (κ2) is 2.66. The summed E-state index contributed by atoms with van der Waals surface area (Å²) in [4.78, 5) is 4.30. The topological polar surface area (TPSA) is 12.4 Å². The van der Waals surface area contributed by atoms with Gasteiger partial charge in [-0.25, -0.2) is 4.39 Å². The molecule has 0 atom stereocenters. The summed E-state index contributed by atoms with van der Waals surface area (Å²) >= 11 is 0. The van der Waals surface area contributed by atoms with Crippen molar-refractivity contribution in [2.75, 3.05) is 6.54 Å². The van der Waals surface area contributed by atoms with Crippen molar-refractivity contribution < 1.29 is 4.39 Å². The van der Waals surface area contributed by atoms with E-state index >= 15 is 0 Å². The Morgan fingerprint density at radius 1 is 1.31 bits per heavy atom. The summed E-state index contributed by atoms with van der Waals surface area (Å²) < 4.78 is 13.8. The maximum Gasteiger partial charge on any atom is 0.146 e. The summed E-state index contributed by atoms with van der Waals surface area (Å²) in [6.07, 6.45) is 2.32. The first kappa shape index (κ1) is 8.92. The van der Waals surface area contributed by atoms with Crippen LogP contribution in [-0.2, 0) is 0 Å². The van der Waals surface area contributed by atoms with Gasteiger partial charge in [-0.1, -0.05) is 20.8 Å². The standard InChI is InChI=1S/C11H16FN/c1-11(2,3)10-9(12)8(6-13-10)7-4-5-7/h7H,4-6H2,1-3H3. The quantitative estimate of drug-likeness (QED) is 0.589. The Bertz CT molecular complexity index is 290. The molecule has 2 aliphatic rings. The van der Waals surface area contributed by atoms with Gasteiger partial charge in [-0.2, -0.15) is 0 Å². The number of nitrogens with zero attached hydrogens (tertiary/aromatic N) is 1. The molecule has 0 aromatic heterocycles. The van der Waals surface area contributed by atoms with Crippen molar-refractivity contribution in [3.63, 3.8) is 0 Å². The minimum atomic E-state index is -0.138. The first-order valence-corrected chi connectivity index (χ1v) is 4.94. The number of rotatable bonds is 1. The van der Waals surface area contributed by atoms with Gasteiger partial charge in [-0.15, -0.1) is 0 Å². The predicted molar refractivity (Wildman–Crippen MR) is 52.6 cm³/mol. The van der Waals surface area contributed by atoms with Crippen LogP contribution in [0.15, 0.2) is 16.4 Å². The largest absolute Gasteiger partial charge is 0.282 e. The summed E-state index contributed by atoms with van der Waals surface area (Å²) in [6, 6.07) is 0. The average Bonchev–Trinajstić information content (AvgIpc) is 2.73. The minimum absolute atomic E-state index is 0.00463. The molecule has 1 saturated carbocycles. The first-order chi connectivity index (χ1) is 6.00. The van der Waals surface area contributed by atoms with Gasteiger partial charge in [0.05, 0.1) is 12.3 Å². The summed E-state index contributed by atoms with van der Waals surface area (Å²) in [7, 11) is 0. The van der Waals surface area contributed by atoms with Crippen LogP contribution < -0.4 is 0 Å². The van der Waals surface area contributed by atoms with Crippen molar-refractivity contribution in [1.82, 2.24) is 0 Å². The fourth-order valence-corrected chi connectivity index (χ4v) is 1.76. The van der Waals surface area contributed by atoms with E-state index in [9.17, 15) is 4.39 Å². The van der Waals surface area contributed by atoms with Gasteiger partial charge in [-0.05, 0) is 24.3 Å². The number of hydrogen-bond donors (Lipinski definition) is 0. The van der Waals surface area contributed by atoms with Crippen LogP contribution >= 0.6 is 0 Å². The molecule has 1 nitrogen and oxygen atoms in total. The molecule has 0 spiro atoms. The van der Waals surface area contributed by atoms with Gasteiger partial charge < -0.3 is 0 Å². The highest BCUT2D eigenvalue weighted by molar-refractivity contribution is 6.04. The van der Waals surface area contributed by atoms with Gasteiger partial charge in [0.25, 0.3) is 0 Å². The molecule has 2 heteroatoms. The third kappa shape index (κ3) is 1.54. The zero-order valence-electron chi connectivity index (χ0n) is 8.52. The lowest BCUT2D eigenvalue weighted by Crippen LogP contribution is -2.19. The van der Waals surface area contributed by atoms with E-state index in [2.05, 4.69) is 4.99 Å². The second-order valence-electron chi connectivity index (χ2n) is 5.03. The zero-order chi connectivity index (χ0) is 9.64. The molecule has 1 heterocycles. The summed E-state index contributed by atoms with van der Waals surface area (Å²) in [5.41, 5.74) is 1.50. The zero-order valence-corrected chi connectivity index (χ0v) is 8.52. The molecule has 0 bridgehead atoms. The molecule has 0 radical (unpaired) electrons. The minimum Gasteiger partial charge on any atom is -0.282 e. The Balaban J connectivity index is 2.24. The fraction of sp³-hybridized carbons (Fsp3) is 0.727. The normalized spacial score (nSPS) is 23.8. The molecule has 1 fully saturated rings. The van der Waals surface area contributed by atoms with Crippen molar-refractivity contribution in [3.8, 4) is 0 Å². The second-order valence-corrected chi connectivity index (χ2v) is 5.03. The van der Waals surface area contributed by atoms with E-state index in [4.69, 9.17) is 0 Å². The van der Waals surface area contributed by atoms with Crippen LogP contribution in [0.3, 0.4) is 0 Å². The molecule has 13 heavy (non-hydrogen) atoms. The van der Waals surface area contributed by atoms with E-state index in [1.807, 2.05) is 20.8 Å². The highest BCUT2D eigenvalue weighted by atomic mass is 19.1. The van der Waals surface area contributed by atoms with Crippen LogP contribution in [0, 0.1) is 11.3 Å². The first-order valence-electron chi connectivity index (χ1n) is 4.94. The SMILES string of the molecule is CC(C)(C)C1=NCC(C2CC2)=C1F. The number of aliphatic imine (C=N–C) groups is 1. The van der Waals surface area contributed by atoms with E-state index in [-0.39, 0.29) is 11.2 Å². The third-order valence-corrected chi connectivity index (χ3v) is 2.68. The Hall–Kier alpha value is -0.660. The number of allylic oxidation sites excluding steroid dienone is 1. The maximum absolute atomic E-state index is 13.8. The summed E-state index contributed by atoms with van der Waals surface area (Å²) in [5.74, 6) is 0.513. The van der Waals surface area contributed by atoms with Gasteiger partial charge in [0.15, 0.2) is 0 Å². The lowest BCUT2D eigenvalue weighted by Gasteiger charge is -2.17. The Morgan fingerprint density at radius 2 is 1.92 bits per heavy atom. The van der Waals surface area contributed by atoms with Crippen LogP contribution in [0.4, 0.5) is 4.39 Å². The number of halogens is 1. The van der Waals surface area contributed by atoms with Crippen molar-refractivity contribution in [2.24, 2.45) is 16.3 Å². The molecule has 0 unspecified atom stereocenters. The molecular formula is C11H16FN. The van der Waals surface area contributed by atoms with Crippen molar-refractivity contribution in [1.29, 1.82) is 0 Å². The van der Waals surface area contributed by atoms with E-state index in [1.54, 1.807) is 0 Å². The van der Waals surface area contributed by atoms with Crippen molar-refractivity contribution >= 4 is 5.71 Å². The van der Waals surface area contributed by atoms with E-state index in [1.165, 1.54) is 0 Å². The lowest BCUT2D eigenvalue weighted by molar-refractivity contribution is 0.562. The maximum atomic E-state index is 13.8. The molecule has 0 N–H and O–H groups in total. The van der Waals surface area contributed by atoms with Gasteiger partial charge in [-0.3, -0.25) is 4.99 Å². The highest BCUT2D eigenvalue weighted by Gasteiger charge is 2.36. The molecular weight excluding hydrogens is 165 g/mol. The van der Waals surface area contributed by atoms with Gasteiger partial charge in [0, 0.05) is 5.41 Å². The Morgan fingerprint density at radius 3 is 2.31 bits per heavy atom. The van der Waals surface area contributed by atoms with Gasteiger partial charge >= 0.3 is 0 Å². The smallest absolute Gasteiger partial charge is 0.146 e. The van der Waals surface area contributed by atoms with Gasteiger partial charge in [0.1, 0.15) is 5.83 Å². The van der Waals surface area contributed by atoms with Gasteiger partial charge in [0.2, 0.25) is 0 Å². The summed E-state index contributed by atoms with van der Waals surface area (Å²) in [6.45, 7) is 6.66. The predicted octanol–water partition coefficient (Wildman–Crippen LogP) is 3.12. The molecule has 0 saturated heterocycles. The van der Waals surface area contributed by atoms with Crippen LogP contribution in [0.25, 0.3) is 0 Å². The van der Waals surface area contributed by atoms with Crippen LogP contribution in [0.2, 0.25) is 0 Å². The monoisotopic (exact) mass is 181 g/mol. The van der Waals surface area contributed by atoms with Crippen LogP contribution in [-0.4, -0.2) is 12.3 Å². The molecule has 1 aliphatic heterocycles. The Labute approximate surface area is 78.7 Å². The molecule has 0 amide bonds. The molecule has 1 aliphatic carbocycles. The third-order valence-electron chi connectivity index (χ3n) is 2.68. The number of hydrogen-bond acceptors (Lipinski definition) is 1. The highest BCUT2D eigenvalue weighted by Crippen LogP contribution is 2.42. The average molecular weight is 181 g/mol. The van der Waals surface area contributed by atoms with E-state index in [0.29, 0.717) is 18.2 Å².